The number of nitrogens with one attached hydrogen (secondary N) is 1. The molecule has 1 N–H and O–H groups in total. The zero-order valence-corrected chi connectivity index (χ0v) is 19.1. The quantitative estimate of drug-likeness (QED) is 0.558. The second kappa shape index (κ2) is 10.2. The first-order chi connectivity index (χ1) is 16.8. The SMILES string of the molecule is CCNc1nc2c(c(=O)n1Cc1ccc(C(F)(F)F)cc1)CN(C(=O)OCc1ccccc1)CC2. The van der Waals surface area contributed by atoms with Gasteiger partial charge in [-0.1, -0.05) is 42.5 Å². The third-order valence-corrected chi connectivity index (χ3v) is 5.74. The summed E-state index contributed by atoms with van der Waals surface area (Å²) in [6, 6.07) is 14.0. The molecule has 4 rings (SSSR count). The van der Waals surface area contributed by atoms with Crippen molar-refractivity contribution in [2.45, 2.75) is 39.2 Å². The smallest absolute Gasteiger partial charge is 0.416 e. The number of ether oxygens (including phenoxy) is 1. The summed E-state index contributed by atoms with van der Waals surface area (Å²) in [7, 11) is 0. The number of hydrogen-bond donors (Lipinski definition) is 1. The van der Waals surface area contributed by atoms with Crippen LogP contribution in [0, 0.1) is 0 Å². The summed E-state index contributed by atoms with van der Waals surface area (Å²) in [4.78, 5) is 32.1. The van der Waals surface area contributed by atoms with Crippen LogP contribution in [0.25, 0.3) is 0 Å². The van der Waals surface area contributed by atoms with Gasteiger partial charge in [0, 0.05) is 19.5 Å². The number of benzene rings is 2. The van der Waals surface area contributed by atoms with E-state index >= 15 is 0 Å². The molecule has 0 fully saturated rings. The number of hydrogen-bond acceptors (Lipinski definition) is 5. The van der Waals surface area contributed by atoms with E-state index in [0.29, 0.717) is 42.3 Å². The Bertz CT molecular complexity index is 1240. The summed E-state index contributed by atoms with van der Waals surface area (Å²) in [5.41, 5.74) is 1.26. The second-order valence-electron chi connectivity index (χ2n) is 8.19. The monoisotopic (exact) mass is 486 g/mol. The van der Waals surface area contributed by atoms with Crippen molar-refractivity contribution in [3.63, 3.8) is 0 Å². The molecule has 1 amide bonds. The number of alkyl halides is 3. The third-order valence-electron chi connectivity index (χ3n) is 5.74. The number of aromatic nitrogens is 2. The molecule has 7 nitrogen and oxygen atoms in total. The van der Waals surface area contributed by atoms with E-state index in [0.717, 1.165) is 17.7 Å². The summed E-state index contributed by atoms with van der Waals surface area (Å²) in [6.45, 7) is 2.95. The molecule has 2 heterocycles. The predicted octanol–water partition coefficient (Wildman–Crippen LogP) is 4.44. The Morgan fingerprint density at radius 3 is 2.46 bits per heavy atom. The Morgan fingerprint density at radius 1 is 1.09 bits per heavy atom. The van der Waals surface area contributed by atoms with Gasteiger partial charge in [0.05, 0.1) is 29.9 Å². The first kappa shape index (κ1) is 24.3. The zero-order valence-electron chi connectivity index (χ0n) is 19.1. The number of carbonyl (C=O) groups is 1. The molecule has 0 unspecified atom stereocenters. The number of carbonyl (C=O) groups excluding carboxylic acids is 1. The fourth-order valence-corrected chi connectivity index (χ4v) is 3.90. The summed E-state index contributed by atoms with van der Waals surface area (Å²) in [5.74, 6) is 0.344. The first-order valence-electron chi connectivity index (χ1n) is 11.2. The molecule has 2 aromatic carbocycles. The van der Waals surface area contributed by atoms with E-state index < -0.39 is 17.8 Å². The van der Waals surface area contributed by atoms with E-state index in [2.05, 4.69) is 10.3 Å². The van der Waals surface area contributed by atoms with E-state index in [1.54, 1.807) is 0 Å². The van der Waals surface area contributed by atoms with Crippen LogP contribution in [0.5, 0.6) is 0 Å². The molecule has 0 saturated carbocycles. The van der Waals surface area contributed by atoms with Crippen molar-refractivity contribution in [2.24, 2.45) is 0 Å². The Kier molecular flexibility index (Phi) is 7.09. The molecule has 3 aromatic rings. The molecule has 0 aliphatic carbocycles. The lowest BCUT2D eigenvalue weighted by molar-refractivity contribution is -0.137. The zero-order chi connectivity index (χ0) is 25.0. The van der Waals surface area contributed by atoms with Crippen LogP contribution in [0.3, 0.4) is 0 Å². The number of nitrogens with zero attached hydrogens (tertiary/aromatic N) is 3. The molecule has 0 spiro atoms. The Morgan fingerprint density at radius 2 is 1.80 bits per heavy atom. The molecule has 0 saturated heterocycles. The molecular formula is C25H25F3N4O3. The van der Waals surface area contributed by atoms with Gasteiger partial charge in [-0.3, -0.25) is 9.36 Å². The van der Waals surface area contributed by atoms with Crippen molar-refractivity contribution >= 4 is 12.0 Å². The van der Waals surface area contributed by atoms with E-state index in [-0.39, 0.29) is 25.3 Å². The maximum Gasteiger partial charge on any atom is 0.416 e. The molecule has 10 heteroatoms. The van der Waals surface area contributed by atoms with Crippen LogP contribution < -0.4 is 10.9 Å². The van der Waals surface area contributed by atoms with Crippen LogP contribution in [0.1, 0.15) is 34.9 Å². The van der Waals surface area contributed by atoms with Crippen LogP contribution in [0.15, 0.2) is 59.4 Å². The second-order valence-corrected chi connectivity index (χ2v) is 8.19. The number of halogens is 3. The van der Waals surface area contributed by atoms with Crippen molar-refractivity contribution in [2.75, 3.05) is 18.4 Å². The minimum atomic E-state index is -4.43. The number of rotatable bonds is 6. The first-order valence-corrected chi connectivity index (χ1v) is 11.2. The highest BCUT2D eigenvalue weighted by atomic mass is 19.4. The molecular weight excluding hydrogens is 461 g/mol. The van der Waals surface area contributed by atoms with Crippen molar-refractivity contribution < 1.29 is 22.7 Å². The largest absolute Gasteiger partial charge is 0.445 e. The number of anilines is 1. The van der Waals surface area contributed by atoms with Gasteiger partial charge in [0.1, 0.15) is 6.61 Å². The maximum absolute atomic E-state index is 13.4. The van der Waals surface area contributed by atoms with Gasteiger partial charge in [-0.05, 0) is 30.2 Å². The summed E-state index contributed by atoms with van der Waals surface area (Å²) < 4.78 is 45.5. The molecule has 0 bridgehead atoms. The molecule has 1 aliphatic heterocycles. The topological polar surface area (TPSA) is 76.5 Å². The minimum absolute atomic E-state index is 0.0397. The van der Waals surface area contributed by atoms with Gasteiger partial charge >= 0.3 is 12.3 Å². The highest BCUT2D eigenvalue weighted by molar-refractivity contribution is 5.68. The lowest BCUT2D eigenvalue weighted by atomic mass is 10.1. The normalized spacial score (nSPS) is 13.3. The van der Waals surface area contributed by atoms with E-state index in [9.17, 15) is 22.8 Å². The standard InChI is InChI=1S/C25H25F3N4O3/c1-2-29-23-30-21-12-13-31(24(34)35-16-18-6-4-3-5-7-18)15-20(21)22(33)32(23)14-17-8-10-19(11-9-17)25(26,27)28/h3-11H,2,12-16H2,1H3,(H,29,30). The van der Waals surface area contributed by atoms with Crippen molar-refractivity contribution in [1.82, 2.24) is 14.5 Å². The lowest BCUT2D eigenvalue weighted by Crippen LogP contribution is -2.41. The minimum Gasteiger partial charge on any atom is -0.445 e. The molecule has 1 aliphatic rings. The van der Waals surface area contributed by atoms with Crippen molar-refractivity contribution in [1.29, 1.82) is 0 Å². The predicted molar refractivity (Wildman–Crippen MR) is 124 cm³/mol. The molecule has 1 aromatic heterocycles. The van der Waals surface area contributed by atoms with Crippen LogP contribution in [0.2, 0.25) is 0 Å². The van der Waals surface area contributed by atoms with Crippen LogP contribution in [0.4, 0.5) is 23.9 Å². The Hall–Kier alpha value is -3.82. The maximum atomic E-state index is 13.4. The average Bonchev–Trinajstić information content (AvgIpc) is 2.85. The molecule has 0 atom stereocenters. The molecule has 35 heavy (non-hydrogen) atoms. The van der Waals surface area contributed by atoms with Gasteiger partial charge in [0.25, 0.3) is 5.56 Å². The van der Waals surface area contributed by atoms with Crippen LogP contribution in [-0.2, 0) is 37.0 Å². The van der Waals surface area contributed by atoms with Gasteiger partial charge in [-0.15, -0.1) is 0 Å². The van der Waals surface area contributed by atoms with Gasteiger partial charge in [0.2, 0.25) is 5.95 Å². The highest BCUT2D eigenvalue weighted by Gasteiger charge is 2.30. The third kappa shape index (κ3) is 5.64. The fraction of sp³-hybridized carbons (Fsp3) is 0.320. The lowest BCUT2D eigenvalue weighted by Gasteiger charge is -2.28. The van der Waals surface area contributed by atoms with Crippen molar-refractivity contribution in [3.8, 4) is 0 Å². The van der Waals surface area contributed by atoms with Gasteiger partial charge in [-0.2, -0.15) is 13.2 Å². The summed E-state index contributed by atoms with van der Waals surface area (Å²) in [5, 5.41) is 3.06. The van der Waals surface area contributed by atoms with Gasteiger partial charge < -0.3 is 15.0 Å². The summed E-state index contributed by atoms with van der Waals surface area (Å²) >= 11 is 0. The molecule has 0 radical (unpaired) electrons. The number of fused-ring (bicyclic) bond motifs is 1. The molecule has 184 valence electrons. The van der Waals surface area contributed by atoms with Gasteiger partial charge in [0.15, 0.2) is 0 Å². The van der Waals surface area contributed by atoms with Crippen molar-refractivity contribution in [3.05, 3.63) is 92.9 Å². The summed E-state index contributed by atoms with van der Waals surface area (Å²) in [6.07, 6.45) is -4.57. The fourth-order valence-electron chi connectivity index (χ4n) is 3.90. The van der Waals surface area contributed by atoms with Crippen LogP contribution >= 0.6 is 0 Å². The van der Waals surface area contributed by atoms with E-state index in [4.69, 9.17) is 4.74 Å². The Labute approximate surface area is 200 Å². The van der Waals surface area contributed by atoms with Gasteiger partial charge in [-0.25, -0.2) is 9.78 Å². The Balaban J connectivity index is 1.55. The number of amides is 1. The van der Waals surface area contributed by atoms with Crippen LogP contribution in [-0.4, -0.2) is 33.6 Å². The average molecular weight is 486 g/mol. The van der Waals surface area contributed by atoms with E-state index in [1.807, 2.05) is 37.3 Å². The van der Waals surface area contributed by atoms with E-state index in [1.165, 1.54) is 21.6 Å². The highest BCUT2D eigenvalue weighted by Crippen LogP contribution is 2.29.